The van der Waals surface area contributed by atoms with Crippen LogP contribution in [0.1, 0.15) is 0 Å². The van der Waals surface area contributed by atoms with Crippen LogP contribution in [0.4, 0.5) is 5.95 Å². The summed E-state index contributed by atoms with van der Waals surface area (Å²) in [5.74, 6) is 1.22. The molecule has 0 saturated carbocycles. The molecule has 1 fully saturated rings. The maximum absolute atomic E-state index is 5.53. The summed E-state index contributed by atoms with van der Waals surface area (Å²) in [5.41, 5.74) is 4.34. The van der Waals surface area contributed by atoms with E-state index < -0.39 is 0 Å². The second-order valence-electron chi connectivity index (χ2n) is 7.48. The molecule has 1 aliphatic rings. The first kappa shape index (κ1) is 18.6. The van der Waals surface area contributed by atoms with Crippen LogP contribution >= 0.6 is 0 Å². The van der Waals surface area contributed by atoms with Crippen LogP contribution in [-0.4, -0.2) is 60.6 Å². The van der Waals surface area contributed by atoms with Crippen molar-refractivity contribution in [3.8, 4) is 28.5 Å². The van der Waals surface area contributed by atoms with Crippen molar-refractivity contribution < 1.29 is 4.74 Å². The Kier molecular flexibility index (Phi) is 4.58. The van der Waals surface area contributed by atoms with Crippen LogP contribution in [0.5, 0.6) is 0 Å². The third-order valence-corrected chi connectivity index (χ3v) is 5.41. The molecule has 0 spiro atoms. The Labute approximate surface area is 184 Å². The number of nitrogens with zero attached hydrogens (tertiary/aromatic N) is 8. The minimum absolute atomic E-state index is 0.499. The summed E-state index contributed by atoms with van der Waals surface area (Å²) in [6.07, 6.45) is 5.43. The van der Waals surface area contributed by atoms with Gasteiger partial charge in [-0.25, -0.2) is 4.68 Å². The van der Waals surface area contributed by atoms with E-state index in [0.29, 0.717) is 24.8 Å². The van der Waals surface area contributed by atoms with E-state index in [2.05, 4.69) is 9.88 Å². The van der Waals surface area contributed by atoms with Crippen LogP contribution in [0.2, 0.25) is 0 Å². The molecule has 0 radical (unpaired) electrons. The fourth-order valence-electron chi connectivity index (χ4n) is 3.79. The summed E-state index contributed by atoms with van der Waals surface area (Å²) < 4.78 is 9.04. The van der Waals surface area contributed by atoms with Gasteiger partial charge in [-0.3, -0.25) is 4.98 Å². The van der Waals surface area contributed by atoms with Crippen molar-refractivity contribution in [2.75, 3.05) is 31.2 Å². The number of hydrogen-bond donors (Lipinski definition) is 0. The lowest BCUT2D eigenvalue weighted by atomic mass is 10.2. The molecule has 1 aromatic carbocycles. The third-order valence-electron chi connectivity index (χ3n) is 5.41. The number of anilines is 1. The van der Waals surface area contributed by atoms with Crippen molar-refractivity contribution in [2.45, 2.75) is 0 Å². The molecule has 9 nitrogen and oxygen atoms in total. The van der Waals surface area contributed by atoms with E-state index in [4.69, 9.17) is 24.9 Å². The first-order valence-electron chi connectivity index (χ1n) is 10.5. The average molecular weight is 424 g/mol. The molecule has 1 aliphatic heterocycles. The largest absolute Gasteiger partial charge is 0.378 e. The molecule has 0 N–H and O–H groups in total. The van der Waals surface area contributed by atoms with E-state index in [1.165, 1.54) is 0 Å². The van der Waals surface area contributed by atoms with Gasteiger partial charge in [0.05, 0.1) is 24.6 Å². The fraction of sp³-hybridized carbons (Fsp3) is 0.174. The van der Waals surface area contributed by atoms with Crippen molar-refractivity contribution in [2.24, 2.45) is 0 Å². The summed E-state index contributed by atoms with van der Waals surface area (Å²) in [5, 5.41) is 9.50. The van der Waals surface area contributed by atoms with Gasteiger partial charge >= 0.3 is 0 Å². The molecule has 5 aromatic rings. The Hall–Kier alpha value is -4.11. The number of rotatable bonds is 4. The van der Waals surface area contributed by atoms with Gasteiger partial charge in [-0.2, -0.15) is 24.7 Å². The lowest BCUT2D eigenvalue weighted by molar-refractivity contribution is 0.121. The van der Waals surface area contributed by atoms with Crippen LogP contribution in [0, 0.1) is 0 Å². The average Bonchev–Trinajstić information content (AvgIpc) is 3.53. The summed E-state index contributed by atoms with van der Waals surface area (Å²) in [4.78, 5) is 16.0. The van der Waals surface area contributed by atoms with Gasteiger partial charge in [-0.1, -0.05) is 30.3 Å². The Bertz CT molecular complexity index is 1360. The van der Waals surface area contributed by atoms with Crippen LogP contribution in [0.3, 0.4) is 0 Å². The molecule has 158 valence electrons. The van der Waals surface area contributed by atoms with Crippen LogP contribution in [0.15, 0.2) is 73.2 Å². The highest BCUT2D eigenvalue weighted by Gasteiger charge is 2.21. The quantitative estimate of drug-likeness (QED) is 0.438. The molecule has 0 atom stereocenters. The van der Waals surface area contributed by atoms with Gasteiger partial charge in [0.15, 0.2) is 5.65 Å². The van der Waals surface area contributed by atoms with Gasteiger partial charge in [0.1, 0.15) is 0 Å². The van der Waals surface area contributed by atoms with Crippen molar-refractivity contribution in [3.05, 3.63) is 73.2 Å². The molecule has 0 amide bonds. The van der Waals surface area contributed by atoms with E-state index in [0.717, 1.165) is 41.6 Å². The first-order valence-corrected chi connectivity index (χ1v) is 10.5. The lowest BCUT2D eigenvalue weighted by Gasteiger charge is -2.27. The van der Waals surface area contributed by atoms with E-state index in [1.54, 1.807) is 21.6 Å². The second kappa shape index (κ2) is 7.86. The highest BCUT2D eigenvalue weighted by Crippen LogP contribution is 2.23. The number of hydrogen-bond acceptors (Lipinski definition) is 7. The van der Waals surface area contributed by atoms with Gasteiger partial charge in [0.25, 0.3) is 5.95 Å². The van der Waals surface area contributed by atoms with E-state index in [9.17, 15) is 0 Å². The molecule has 0 aliphatic carbocycles. The Morgan fingerprint density at radius 3 is 2.47 bits per heavy atom. The molecular weight excluding hydrogens is 404 g/mol. The zero-order chi connectivity index (χ0) is 21.3. The van der Waals surface area contributed by atoms with Crippen LogP contribution < -0.4 is 4.90 Å². The zero-order valence-electron chi connectivity index (χ0n) is 17.2. The van der Waals surface area contributed by atoms with Gasteiger partial charge < -0.3 is 9.64 Å². The lowest BCUT2D eigenvalue weighted by Crippen LogP contribution is -2.38. The van der Waals surface area contributed by atoms with Gasteiger partial charge in [0.2, 0.25) is 5.95 Å². The van der Waals surface area contributed by atoms with Crippen LogP contribution in [-0.2, 0) is 4.74 Å². The topological polar surface area (TPSA) is 86.3 Å². The SMILES string of the molecule is c1ccc(-c2ccn(-c3nc(N4CCOCC4)n4nc(-c5cccnc5)cc4n3)n2)cc1. The van der Waals surface area contributed by atoms with Crippen molar-refractivity contribution in [1.29, 1.82) is 0 Å². The predicted octanol–water partition coefficient (Wildman–Crippen LogP) is 2.88. The third kappa shape index (κ3) is 3.38. The number of ether oxygens (including phenoxy) is 1. The molecule has 5 heterocycles. The summed E-state index contributed by atoms with van der Waals surface area (Å²) in [7, 11) is 0. The van der Waals surface area contributed by atoms with Gasteiger partial charge in [-0.05, 0) is 18.2 Å². The molecule has 6 rings (SSSR count). The molecule has 32 heavy (non-hydrogen) atoms. The second-order valence-corrected chi connectivity index (χ2v) is 7.48. The van der Waals surface area contributed by atoms with Gasteiger partial charge in [0, 0.05) is 48.9 Å². The highest BCUT2D eigenvalue weighted by atomic mass is 16.5. The highest BCUT2D eigenvalue weighted by molar-refractivity contribution is 5.65. The van der Waals surface area contributed by atoms with Crippen LogP contribution in [0.25, 0.3) is 34.1 Å². The number of benzene rings is 1. The fourth-order valence-corrected chi connectivity index (χ4v) is 3.79. The normalized spacial score (nSPS) is 14.2. The Balaban J connectivity index is 1.48. The summed E-state index contributed by atoms with van der Waals surface area (Å²) in [6, 6.07) is 17.9. The van der Waals surface area contributed by atoms with E-state index >= 15 is 0 Å². The minimum atomic E-state index is 0.499. The number of aromatic nitrogens is 7. The number of pyridine rings is 1. The summed E-state index contributed by atoms with van der Waals surface area (Å²) >= 11 is 0. The number of morpholine rings is 1. The zero-order valence-corrected chi connectivity index (χ0v) is 17.2. The van der Waals surface area contributed by atoms with Crippen molar-refractivity contribution >= 4 is 11.6 Å². The molecule has 1 saturated heterocycles. The van der Waals surface area contributed by atoms with Gasteiger partial charge in [-0.15, -0.1) is 0 Å². The molecular formula is C23H20N8O. The maximum Gasteiger partial charge on any atom is 0.255 e. The molecule has 4 aromatic heterocycles. The maximum atomic E-state index is 5.53. The first-order chi connectivity index (χ1) is 15.8. The Morgan fingerprint density at radius 1 is 0.812 bits per heavy atom. The van der Waals surface area contributed by atoms with Crippen molar-refractivity contribution in [3.63, 3.8) is 0 Å². The molecule has 0 unspecified atom stereocenters. The molecule has 9 heteroatoms. The standard InChI is InChI=1S/C23H20N8O/c1-2-5-17(6-3-1)19-8-10-30(27-19)22-25-21-15-20(18-7-4-9-24-16-18)28-31(21)23(26-22)29-11-13-32-14-12-29/h1-10,15-16H,11-14H2. The Morgan fingerprint density at radius 2 is 1.66 bits per heavy atom. The molecule has 0 bridgehead atoms. The predicted molar refractivity (Wildman–Crippen MR) is 120 cm³/mol. The smallest absolute Gasteiger partial charge is 0.255 e. The van der Waals surface area contributed by atoms with Crippen molar-refractivity contribution in [1.82, 2.24) is 34.3 Å². The van der Waals surface area contributed by atoms with E-state index in [-0.39, 0.29) is 0 Å². The van der Waals surface area contributed by atoms with E-state index in [1.807, 2.05) is 60.8 Å². The minimum Gasteiger partial charge on any atom is -0.378 e. The number of fused-ring (bicyclic) bond motifs is 1. The monoisotopic (exact) mass is 424 g/mol. The summed E-state index contributed by atoms with van der Waals surface area (Å²) in [6.45, 7) is 2.78.